The number of benzene rings is 2. The van der Waals surface area contributed by atoms with Gasteiger partial charge in [-0.25, -0.2) is 0 Å². The Hall–Kier alpha value is -2.00. The predicted octanol–water partition coefficient (Wildman–Crippen LogP) is 3.19. The summed E-state index contributed by atoms with van der Waals surface area (Å²) in [4.78, 5) is 0. The predicted molar refractivity (Wildman–Crippen MR) is 76.9 cm³/mol. The monoisotopic (exact) mass is 267 g/mol. The van der Waals surface area contributed by atoms with E-state index in [4.69, 9.17) is 9.47 Å². The minimum Gasteiger partial charge on any atom is -0.454 e. The van der Waals surface area contributed by atoms with Crippen LogP contribution in [0.5, 0.6) is 11.5 Å². The molecule has 2 aromatic rings. The number of hydrogen-bond donors (Lipinski definition) is 1. The van der Waals surface area contributed by atoms with E-state index < -0.39 is 0 Å². The lowest BCUT2D eigenvalue weighted by Crippen LogP contribution is -2.18. The molecule has 20 heavy (non-hydrogen) atoms. The summed E-state index contributed by atoms with van der Waals surface area (Å²) in [6.45, 7) is 1.19. The van der Waals surface area contributed by atoms with E-state index in [1.807, 2.05) is 6.07 Å². The number of aryl methyl sites for hydroxylation is 1. The fourth-order valence-electron chi connectivity index (χ4n) is 3.06. The average molecular weight is 267 g/mol. The van der Waals surface area contributed by atoms with Crippen molar-refractivity contribution < 1.29 is 9.47 Å². The van der Waals surface area contributed by atoms with Crippen LogP contribution in [0.4, 0.5) is 0 Å². The van der Waals surface area contributed by atoms with Crippen LogP contribution in [-0.4, -0.2) is 6.79 Å². The van der Waals surface area contributed by atoms with E-state index in [-0.39, 0.29) is 0 Å². The fourth-order valence-corrected chi connectivity index (χ4v) is 3.06. The van der Waals surface area contributed by atoms with E-state index in [0.29, 0.717) is 12.8 Å². The summed E-state index contributed by atoms with van der Waals surface area (Å²) in [7, 11) is 0. The van der Waals surface area contributed by atoms with Crippen LogP contribution in [0.1, 0.15) is 29.2 Å². The molecule has 2 aromatic carbocycles. The first-order valence-corrected chi connectivity index (χ1v) is 7.10. The quantitative estimate of drug-likeness (QED) is 0.926. The Balaban J connectivity index is 1.46. The van der Waals surface area contributed by atoms with Gasteiger partial charge in [-0.1, -0.05) is 30.3 Å². The molecule has 0 fully saturated rings. The molecule has 0 amide bonds. The Labute approximate surface area is 118 Å². The summed E-state index contributed by atoms with van der Waals surface area (Å²) < 4.78 is 10.8. The largest absolute Gasteiger partial charge is 0.454 e. The zero-order valence-corrected chi connectivity index (χ0v) is 11.3. The molecule has 102 valence electrons. The molecule has 1 atom stereocenters. The third kappa shape index (κ3) is 2.04. The van der Waals surface area contributed by atoms with Crippen molar-refractivity contribution in [3.8, 4) is 11.5 Å². The van der Waals surface area contributed by atoms with Crippen molar-refractivity contribution in [2.24, 2.45) is 0 Å². The third-order valence-electron chi connectivity index (χ3n) is 4.12. The topological polar surface area (TPSA) is 30.5 Å². The van der Waals surface area contributed by atoms with Gasteiger partial charge in [0.1, 0.15) is 0 Å². The van der Waals surface area contributed by atoms with Crippen LogP contribution >= 0.6 is 0 Å². The summed E-state index contributed by atoms with van der Waals surface area (Å²) in [6, 6.07) is 15.3. The molecule has 4 rings (SSSR count). The fraction of sp³-hybridized carbons (Fsp3) is 0.294. The highest BCUT2D eigenvalue weighted by Gasteiger charge is 2.21. The molecular weight excluding hydrogens is 250 g/mol. The van der Waals surface area contributed by atoms with Crippen LogP contribution in [0.25, 0.3) is 0 Å². The molecule has 3 heteroatoms. The number of nitrogens with one attached hydrogen (secondary N) is 1. The minimum atomic E-state index is 0.336. The number of ether oxygens (including phenoxy) is 2. The van der Waals surface area contributed by atoms with Crippen molar-refractivity contribution in [3.05, 3.63) is 59.2 Å². The van der Waals surface area contributed by atoms with E-state index in [2.05, 4.69) is 41.7 Å². The number of hydrogen-bond acceptors (Lipinski definition) is 3. The van der Waals surface area contributed by atoms with E-state index in [9.17, 15) is 0 Å². The van der Waals surface area contributed by atoms with E-state index in [0.717, 1.165) is 18.0 Å². The molecular formula is C17H17NO2. The molecule has 0 spiro atoms. The van der Waals surface area contributed by atoms with Gasteiger partial charge in [-0.3, -0.25) is 0 Å². The smallest absolute Gasteiger partial charge is 0.231 e. The first kappa shape index (κ1) is 11.8. The van der Waals surface area contributed by atoms with Gasteiger partial charge in [-0.05, 0) is 41.7 Å². The maximum atomic E-state index is 5.42. The van der Waals surface area contributed by atoms with Gasteiger partial charge in [-0.15, -0.1) is 0 Å². The van der Waals surface area contributed by atoms with Crippen molar-refractivity contribution in [1.82, 2.24) is 5.32 Å². The van der Waals surface area contributed by atoms with Gasteiger partial charge in [0.25, 0.3) is 0 Å². The Kier molecular flexibility index (Phi) is 2.85. The molecule has 0 saturated carbocycles. The van der Waals surface area contributed by atoms with Crippen LogP contribution in [-0.2, 0) is 13.0 Å². The SMILES string of the molecule is c1ccc2c(c1)CCC2NCc1ccc2c(c1)OCO2. The lowest BCUT2D eigenvalue weighted by molar-refractivity contribution is 0.174. The number of fused-ring (bicyclic) bond motifs is 2. The summed E-state index contributed by atoms with van der Waals surface area (Å²) >= 11 is 0. The molecule has 0 radical (unpaired) electrons. The van der Waals surface area contributed by atoms with E-state index in [1.165, 1.54) is 29.5 Å². The normalized spacial score (nSPS) is 19.1. The van der Waals surface area contributed by atoms with Gasteiger partial charge in [0.05, 0.1) is 0 Å². The highest BCUT2D eigenvalue weighted by atomic mass is 16.7. The molecule has 1 aliphatic heterocycles. The van der Waals surface area contributed by atoms with E-state index in [1.54, 1.807) is 0 Å². The van der Waals surface area contributed by atoms with Crippen molar-refractivity contribution in [2.45, 2.75) is 25.4 Å². The van der Waals surface area contributed by atoms with Gasteiger partial charge in [0.15, 0.2) is 11.5 Å². The average Bonchev–Trinajstić information content (AvgIpc) is 3.11. The second-order valence-electron chi connectivity index (χ2n) is 5.36. The van der Waals surface area contributed by atoms with Gasteiger partial charge >= 0.3 is 0 Å². The van der Waals surface area contributed by atoms with Crippen LogP contribution < -0.4 is 14.8 Å². The van der Waals surface area contributed by atoms with Crippen LogP contribution in [0.3, 0.4) is 0 Å². The van der Waals surface area contributed by atoms with Gasteiger partial charge in [-0.2, -0.15) is 0 Å². The summed E-state index contributed by atoms with van der Waals surface area (Å²) in [6.07, 6.45) is 2.36. The maximum Gasteiger partial charge on any atom is 0.231 e. The molecule has 1 heterocycles. The molecule has 1 N–H and O–H groups in total. The van der Waals surface area contributed by atoms with Crippen molar-refractivity contribution in [3.63, 3.8) is 0 Å². The zero-order chi connectivity index (χ0) is 13.4. The Morgan fingerprint density at radius 2 is 1.95 bits per heavy atom. The highest BCUT2D eigenvalue weighted by molar-refractivity contribution is 5.44. The van der Waals surface area contributed by atoms with Crippen molar-refractivity contribution in [2.75, 3.05) is 6.79 Å². The summed E-state index contributed by atoms with van der Waals surface area (Å²) in [5, 5.41) is 3.65. The van der Waals surface area contributed by atoms with Gasteiger partial charge < -0.3 is 14.8 Å². The van der Waals surface area contributed by atoms with E-state index >= 15 is 0 Å². The molecule has 0 bridgehead atoms. The van der Waals surface area contributed by atoms with Crippen molar-refractivity contribution >= 4 is 0 Å². The summed E-state index contributed by atoms with van der Waals surface area (Å²) in [5.41, 5.74) is 4.17. The van der Waals surface area contributed by atoms with Gasteiger partial charge in [0, 0.05) is 12.6 Å². The molecule has 0 saturated heterocycles. The summed E-state index contributed by atoms with van der Waals surface area (Å²) in [5.74, 6) is 1.70. The lowest BCUT2D eigenvalue weighted by Gasteiger charge is -2.14. The first-order valence-electron chi connectivity index (χ1n) is 7.10. The lowest BCUT2D eigenvalue weighted by atomic mass is 10.1. The second kappa shape index (κ2) is 4.84. The Morgan fingerprint density at radius 3 is 2.95 bits per heavy atom. The number of rotatable bonds is 3. The van der Waals surface area contributed by atoms with Crippen LogP contribution in [0, 0.1) is 0 Å². The van der Waals surface area contributed by atoms with Crippen LogP contribution in [0.2, 0.25) is 0 Å². The Morgan fingerprint density at radius 1 is 1.05 bits per heavy atom. The second-order valence-corrected chi connectivity index (χ2v) is 5.36. The minimum absolute atomic E-state index is 0.336. The highest BCUT2D eigenvalue weighted by Crippen LogP contribution is 2.34. The first-order chi connectivity index (χ1) is 9.90. The standard InChI is InChI=1S/C17H17NO2/c1-2-4-14-13(3-1)6-7-15(14)18-10-12-5-8-16-17(9-12)20-11-19-16/h1-5,8-9,15,18H,6-7,10-11H2. The van der Waals surface area contributed by atoms with Crippen molar-refractivity contribution in [1.29, 1.82) is 0 Å². The zero-order valence-electron chi connectivity index (χ0n) is 11.3. The molecule has 0 aromatic heterocycles. The van der Waals surface area contributed by atoms with Crippen LogP contribution in [0.15, 0.2) is 42.5 Å². The third-order valence-corrected chi connectivity index (χ3v) is 4.12. The molecule has 1 unspecified atom stereocenters. The molecule has 3 nitrogen and oxygen atoms in total. The Bertz CT molecular complexity index is 639. The molecule has 1 aliphatic carbocycles. The molecule has 2 aliphatic rings. The van der Waals surface area contributed by atoms with Gasteiger partial charge in [0.2, 0.25) is 6.79 Å². The maximum absolute atomic E-state index is 5.42.